The van der Waals surface area contributed by atoms with Crippen molar-refractivity contribution in [1.82, 2.24) is 0 Å². The zero-order valence-electron chi connectivity index (χ0n) is 49.2. The van der Waals surface area contributed by atoms with E-state index < -0.39 is 0 Å². The van der Waals surface area contributed by atoms with Gasteiger partial charge >= 0.3 is 0 Å². The van der Waals surface area contributed by atoms with Gasteiger partial charge < -0.3 is 29.4 Å². The summed E-state index contributed by atoms with van der Waals surface area (Å²) >= 11 is 23.8. The highest BCUT2D eigenvalue weighted by Crippen LogP contribution is 2.32. The van der Waals surface area contributed by atoms with Gasteiger partial charge in [-0.25, -0.2) is 4.39 Å². The number of rotatable bonds is 17. The van der Waals surface area contributed by atoms with E-state index in [-0.39, 0.29) is 23.5 Å². The van der Waals surface area contributed by atoms with Crippen LogP contribution in [0.2, 0.25) is 20.1 Å². The van der Waals surface area contributed by atoms with Crippen molar-refractivity contribution >= 4 is 93.3 Å². The fraction of sp³-hybridized carbons (Fsp3) is 0.377. The van der Waals surface area contributed by atoms with Crippen LogP contribution in [0, 0.1) is 5.82 Å². The van der Waals surface area contributed by atoms with Crippen LogP contribution < -0.4 is 16.0 Å². The summed E-state index contributed by atoms with van der Waals surface area (Å²) in [5, 5.41) is 10.6. The van der Waals surface area contributed by atoms with Crippen LogP contribution in [-0.2, 0) is 29.2 Å². The van der Waals surface area contributed by atoms with Crippen molar-refractivity contribution < 1.29 is 32.2 Å². The minimum atomic E-state index is -0.284. The Kier molecular flexibility index (Phi) is 24.0. The highest BCUT2D eigenvalue weighted by Gasteiger charge is 2.33. The molecule has 0 spiro atoms. The van der Waals surface area contributed by atoms with E-state index >= 15 is 0 Å². The fourth-order valence-corrected chi connectivity index (χ4v) is 12.5. The number of carbonyl (C=O) groups is 3. The number of quaternary nitrogens is 3. The van der Waals surface area contributed by atoms with Crippen molar-refractivity contribution in [2.24, 2.45) is 0 Å². The summed E-state index contributed by atoms with van der Waals surface area (Å²) in [6, 6.07) is 42.8. The van der Waals surface area contributed by atoms with Gasteiger partial charge in [0.05, 0.1) is 80.5 Å². The Morgan fingerprint density at radius 3 is 1.30 bits per heavy atom. The molecule has 0 aromatic heterocycles. The average Bonchev–Trinajstić information content (AvgIpc) is 4.03. The molecule has 83 heavy (non-hydrogen) atoms. The van der Waals surface area contributed by atoms with E-state index in [2.05, 4.69) is 94.6 Å². The second-order valence-corrected chi connectivity index (χ2v) is 26.0. The SMILES string of the molecule is C[N+](C)(Cc1ccc(NC(=O)c2ccc(Cl)c(Cl)c2)cc1)C1CCCC1.C[N+](C)(Cc1cccc(NC(=O)/C=C/c2ccc(Cl)c(Cl)c2)c1)C1CCCCC1.C[N+](C)(Cc1cccc(NC(=O)/C=C/c2ccc(F)cc2)c1)C1CCCCC1. The molecule has 0 unspecified atom stereocenters. The van der Waals surface area contributed by atoms with Gasteiger partial charge in [-0.05, 0) is 179 Å². The molecule has 3 saturated carbocycles. The van der Waals surface area contributed by atoms with Gasteiger partial charge in [0.1, 0.15) is 25.5 Å². The summed E-state index contributed by atoms with van der Waals surface area (Å²) in [7, 11) is 13.9. The van der Waals surface area contributed by atoms with E-state index in [9.17, 15) is 18.8 Å². The molecule has 14 heteroatoms. The van der Waals surface area contributed by atoms with Crippen LogP contribution in [0.25, 0.3) is 12.2 Å². The number of benzene rings is 6. The number of halogens is 5. The molecule has 0 aliphatic heterocycles. The third kappa shape index (κ3) is 20.7. The zero-order valence-corrected chi connectivity index (χ0v) is 52.2. The Bertz CT molecular complexity index is 3160. The van der Waals surface area contributed by atoms with Gasteiger partial charge in [0.2, 0.25) is 11.8 Å². The van der Waals surface area contributed by atoms with Crippen molar-refractivity contribution in [3.05, 3.63) is 205 Å². The summed E-state index contributed by atoms with van der Waals surface area (Å²) < 4.78 is 15.9. The Balaban J connectivity index is 0.000000179. The van der Waals surface area contributed by atoms with Crippen molar-refractivity contribution in [2.45, 2.75) is 128 Å². The largest absolute Gasteiger partial charge is 0.322 e. The Morgan fingerprint density at radius 1 is 0.434 bits per heavy atom. The Hall–Kier alpha value is -5.82. The lowest BCUT2D eigenvalue weighted by atomic mass is 9.92. The lowest BCUT2D eigenvalue weighted by Gasteiger charge is -2.40. The third-order valence-corrected chi connectivity index (χ3v) is 18.1. The van der Waals surface area contributed by atoms with E-state index in [4.69, 9.17) is 46.4 Å². The minimum absolute atomic E-state index is 0.172. The maximum atomic E-state index is 12.9. The summed E-state index contributed by atoms with van der Waals surface area (Å²) in [6.07, 6.45) is 25.1. The quantitative estimate of drug-likeness (QED) is 0.0628. The number of hydrogen-bond donors (Lipinski definition) is 3. The predicted octanol–water partition coefficient (Wildman–Crippen LogP) is 17.7. The van der Waals surface area contributed by atoms with E-state index in [1.807, 2.05) is 42.5 Å². The first-order valence-electron chi connectivity index (χ1n) is 29.3. The van der Waals surface area contributed by atoms with E-state index in [0.717, 1.165) is 73.4 Å². The average molecular weight is 1210 g/mol. The smallest absolute Gasteiger partial charge is 0.255 e. The van der Waals surface area contributed by atoms with Crippen LogP contribution in [0.4, 0.5) is 21.5 Å². The summed E-state index contributed by atoms with van der Waals surface area (Å²) in [5.41, 5.74) is 8.26. The van der Waals surface area contributed by atoms with Crippen LogP contribution in [0.15, 0.2) is 146 Å². The van der Waals surface area contributed by atoms with Gasteiger partial charge in [0, 0.05) is 51.5 Å². The highest BCUT2D eigenvalue weighted by molar-refractivity contribution is 6.42. The molecule has 3 amide bonds. The van der Waals surface area contributed by atoms with E-state index in [1.54, 1.807) is 54.6 Å². The molecule has 0 radical (unpaired) electrons. The molecule has 3 N–H and O–H groups in total. The molecule has 0 bridgehead atoms. The van der Waals surface area contributed by atoms with Gasteiger partial charge in [-0.1, -0.05) is 114 Å². The number of carbonyl (C=O) groups excluding carboxylic acids is 3. The van der Waals surface area contributed by atoms with Crippen molar-refractivity contribution in [1.29, 1.82) is 0 Å². The van der Waals surface area contributed by atoms with E-state index in [0.29, 0.717) is 31.7 Å². The van der Waals surface area contributed by atoms with Crippen LogP contribution in [0.3, 0.4) is 0 Å². The number of amides is 3. The standard InChI is InChI=1S/C24H28Cl2N2O.C24H29FN2O.C21H24Cl2N2O/c1-28(2,21-9-4-3-5-10-21)17-19-7-6-8-20(15-19)27-24(29)14-12-18-11-13-22(25)23(26)16-18;1-27(2,23-9-4-3-5-10-23)18-20-7-6-8-22(17-20)26-24(28)16-13-19-11-14-21(25)15-12-19;1-25(2,18-5-3-4-6-18)14-15-7-10-17(11-8-15)24-21(26)16-9-12-19(22)20(23)13-16/h6-8,11-16,21H,3-5,9-10,17H2,1-2H3;6-8,11-17,23H,3-5,9-10,18H2,1-2H3;7-13,18H,3-6,14H2,1-2H3/p+3/b14-12+;16-13+;. The predicted molar refractivity (Wildman–Crippen MR) is 345 cm³/mol. The number of anilines is 3. The lowest BCUT2D eigenvalue weighted by Crippen LogP contribution is -2.48. The molecular formula is C69H84Cl4FN6O3+3. The number of nitrogens with zero attached hydrogens (tertiary/aromatic N) is 3. The monoisotopic (exact) mass is 1200 g/mol. The Labute approximate surface area is 513 Å². The van der Waals surface area contributed by atoms with Crippen LogP contribution in [0.1, 0.15) is 128 Å². The summed E-state index contributed by atoms with van der Waals surface area (Å²) in [4.78, 5) is 36.9. The molecule has 9 rings (SSSR count). The second kappa shape index (κ2) is 30.8. The van der Waals surface area contributed by atoms with Crippen molar-refractivity contribution in [2.75, 3.05) is 58.2 Å². The molecule has 0 atom stereocenters. The topological polar surface area (TPSA) is 87.3 Å². The number of nitrogens with one attached hydrogen (secondary N) is 3. The van der Waals surface area contributed by atoms with Gasteiger partial charge in [0.15, 0.2) is 0 Å². The van der Waals surface area contributed by atoms with Gasteiger partial charge in [-0.2, -0.15) is 0 Å². The normalized spacial score (nSPS) is 15.5. The maximum Gasteiger partial charge on any atom is 0.255 e. The first-order chi connectivity index (χ1) is 39.6. The molecule has 3 aliphatic carbocycles. The van der Waals surface area contributed by atoms with Crippen molar-refractivity contribution in [3.8, 4) is 0 Å². The first-order valence-corrected chi connectivity index (χ1v) is 30.8. The van der Waals surface area contributed by atoms with Gasteiger partial charge in [0.25, 0.3) is 5.91 Å². The molecule has 9 nitrogen and oxygen atoms in total. The van der Waals surface area contributed by atoms with Crippen LogP contribution >= 0.6 is 46.4 Å². The first kappa shape index (κ1) is 64.7. The molecule has 0 saturated heterocycles. The van der Waals surface area contributed by atoms with Gasteiger partial charge in [-0.3, -0.25) is 14.4 Å². The Morgan fingerprint density at radius 2 is 0.843 bits per heavy atom. The molecule has 6 aromatic rings. The summed E-state index contributed by atoms with van der Waals surface area (Å²) in [5.74, 6) is -0.844. The van der Waals surface area contributed by atoms with E-state index in [1.165, 1.54) is 131 Å². The molecule has 3 aliphatic rings. The molecular weight excluding hydrogens is 1120 g/mol. The van der Waals surface area contributed by atoms with Crippen LogP contribution in [0.5, 0.6) is 0 Å². The summed E-state index contributed by atoms with van der Waals surface area (Å²) in [6.45, 7) is 2.93. The molecule has 440 valence electrons. The molecule has 3 fully saturated rings. The third-order valence-electron chi connectivity index (χ3n) is 16.7. The number of hydrogen-bond acceptors (Lipinski definition) is 3. The highest BCUT2D eigenvalue weighted by atomic mass is 35.5. The fourth-order valence-electron chi connectivity index (χ4n) is 11.9. The molecule has 0 heterocycles. The zero-order chi connectivity index (χ0) is 59.6. The lowest BCUT2D eigenvalue weighted by molar-refractivity contribution is -0.929. The van der Waals surface area contributed by atoms with Gasteiger partial charge in [-0.15, -0.1) is 0 Å². The second-order valence-electron chi connectivity index (χ2n) is 24.4. The minimum Gasteiger partial charge on any atom is -0.322 e. The maximum absolute atomic E-state index is 12.9. The van der Waals surface area contributed by atoms with Crippen LogP contribution in [-0.4, -0.2) is 91.6 Å². The molecule has 6 aromatic carbocycles. The van der Waals surface area contributed by atoms with Crippen molar-refractivity contribution in [3.63, 3.8) is 0 Å².